The molecule has 0 bridgehead atoms. The molecule has 1 aromatic rings. The van der Waals surface area contributed by atoms with Crippen molar-refractivity contribution in [3.63, 3.8) is 0 Å². The molecule has 0 spiro atoms. The number of fused-ring (bicyclic) bond motifs is 1. The van der Waals surface area contributed by atoms with E-state index in [1.54, 1.807) is 31.1 Å². The van der Waals surface area contributed by atoms with Crippen LogP contribution in [0.5, 0.6) is 0 Å². The number of alkyl halides is 3. The third-order valence-corrected chi connectivity index (χ3v) is 5.55. The number of aliphatic hydroxyl groups is 2. The lowest BCUT2D eigenvalue weighted by Crippen LogP contribution is -2.61. The van der Waals surface area contributed by atoms with Crippen molar-refractivity contribution in [2.75, 3.05) is 14.1 Å². The van der Waals surface area contributed by atoms with Gasteiger partial charge in [-0.05, 0) is 11.6 Å². The Balaban J connectivity index is 1.77. The van der Waals surface area contributed by atoms with Gasteiger partial charge in [0.15, 0.2) is 11.3 Å². The lowest BCUT2D eigenvalue weighted by molar-refractivity contribution is -0.286. The zero-order chi connectivity index (χ0) is 19.8. The van der Waals surface area contributed by atoms with Gasteiger partial charge in [-0.25, -0.2) is 0 Å². The minimum Gasteiger partial charge on any atom is -0.388 e. The van der Waals surface area contributed by atoms with Gasteiger partial charge in [0.05, 0.1) is 6.61 Å². The Morgan fingerprint density at radius 1 is 1.33 bits per heavy atom. The van der Waals surface area contributed by atoms with Crippen LogP contribution >= 0.6 is 11.8 Å². The number of ether oxygens (including phenoxy) is 2. The molecular weight excluding hydrogens is 387 g/mol. The minimum absolute atomic E-state index is 0.360. The number of aliphatic imine (C=N–C) groups is 1. The molecule has 3 heterocycles. The first-order valence-corrected chi connectivity index (χ1v) is 9.07. The summed E-state index contributed by atoms with van der Waals surface area (Å²) in [7, 11) is 3.44. The standard InChI is InChI=1S/C16H20F3N3O4S/c1-22(2)15-21-9-10(23)11(24)12(26-14(9)27-15)13(16(17,18)19)25-7-8-4-3-5-20-6-8/h3-6,9-14,23-24H,7H2,1-2H3. The maximum absolute atomic E-state index is 13.6. The van der Waals surface area contributed by atoms with Gasteiger partial charge in [-0.15, -0.1) is 0 Å². The molecule has 3 rings (SSSR count). The average molecular weight is 407 g/mol. The molecule has 2 aliphatic rings. The molecule has 1 aromatic heterocycles. The molecule has 27 heavy (non-hydrogen) atoms. The molecule has 1 saturated heterocycles. The smallest absolute Gasteiger partial charge is 0.388 e. The van der Waals surface area contributed by atoms with E-state index in [4.69, 9.17) is 9.47 Å². The number of rotatable bonds is 4. The second-order valence-electron chi connectivity index (χ2n) is 6.50. The number of hydrogen-bond donors (Lipinski definition) is 2. The van der Waals surface area contributed by atoms with Gasteiger partial charge < -0.3 is 24.6 Å². The number of aliphatic hydroxyl groups excluding tert-OH is 2. The molecule has 7 nitrogen and oxygen atoms in total. The summed E-state index contributed by atoms with van der Waals surface area (Å²) in [6.07, 6.45) is -9.39. The molecule has 6 unspecified atom stereocenters. The summed E-state index contributed by atoms with van der Waals surface area (Å²) in [5, 5.41) is 21.1. The van der Waals surface area contributed by atoms with Crippen LogP contribution < -0.4 is 0 Å². The van der Waals surface area contributed by atoms with Gasteiger partial charge in [-0.3, -0.25) is 9.98 Å². The first-order valence-electron chi connectivity index (χ1n) is 8.19. The Kier molecular flexibility index (Phi) is 5.96. The number of pyridine rings is 1. The van der Waals surface area contributed by atoms with Crippen LogP contribution in [-0.4, -0.2) is 81.4 Å². The number of hydrogen-bond acceptors (Lipinski definition) is 8. The van der Waals surface area contributed by atoms with Crippen molar-refractivity contribution in [1.29, 1.82) is 0 Å². The van der Waals surface area contributed by atoms with Crippen LogP contribution in [-0.2, 0) is 16.1 Å². The molecule has 150 valence electrons. The number of aromatic nitrogens is 1. The third kappa shape index (κ3) is 4.37. The zero-order valence-electron chi connectivity index (χ0n) is 14.6. The number of amidine groups is 1. The van der Waals surface area contributed by atoms with Crippen molar-refractivity contribution in [3.05, 3.63) is 30.1 Å². The van der Waals surface area contributed by atoms with E-state index >= 15 is 0 Å². The quantitative estimate of drug-likeness (QED) is 0.770. The van der Waals surface area contributed by atoms with Crippen molar-refractivity contribution in [1.82, 2.24) is 9.88 Å². The largest absolute Gasteiger partial charge is 0.417 e. The Morgan fingerprint density at radius 3 is 2.67 bits per heavy atom. The van der Waals surface area contributed by atoms with E-state index < -0.39 is 42.1 Å². The van der Waals surface area contributed by atoms with Crippen LogP contribution in [0.4, 0.5) is 13.2 Å². The second kappa shape index (κ2) is 7.92. The van der Waals surface area contributed by atoms with E-state index in [2.05, 4.69) is 9.98 Å². The topological polar surface area (TPSA) is 87.4 Å². The highest BCUT2D eigenvalue weighted by molar-refractivity contribution is 8.14. The van der Waals surface area contributed by atoms with E-state index in [0.29, 0.717) is 10.7 Å². The predicted molar refractivity (Wildman–Crippen MR) is 92.0 cm³/mol. The molecule has 0 saturated carbocycles. The molecule has 2 aliphatic heterocycles. The summed E-state index contributed by atoms with van der Waals surface area (Å²) in [6.45, 7) is -0.360. The van der Waals surface area contributed by atoms with Gasteiger partial charge in [-0.2, -0.15) is 13.2 Å². The summed E-state index contributed by atoms with van der Waals surface area (Å²) in [5.41, 5.74) is -0.387. The summed E-state index contributed by atoms with van der Waals surface area (Å²) in [6, 6.07) is 2.32. The SMILES string of the molecule is CN(C)C1=NC2C(OC(C(OCc3cccnc3)C(F)(F)F)C(O)C2O)S1. The summed E-state index contributed by atoms with van der Waals surface area (Å²) >= 11 is 1.10. The van der Waals surface area contributed by atoms with Gasteiger partial charge in [0.25, 0.3) is 0 Å². The van der Waals surface area contributed by atoms with Crippen LogP contribution in [0.3, 0.4) is 0 Å². The van der Waals surface area contributed by atoms with E-state index in [1.807, 2.05) is 0 Å². The van der Waals surface area contributed by atoms with E-state index in [0.717, 1.165) is 11.8 Å². The fourth-order valence-corrected chi connectivity index (χ4v) is 4.03. The highest BCUT2D eigenvalue weighted by atomic mass is 32.2. The lowest BCUT2D eigenvalue weighted by Gasteiger charge is -2.41. The molecular formula is C16H20F3N3O4S. The number of nitrogens with zero attached hydrogens (tertiary/aromatic N) is 3. The molecule has 0 aromatic carbocycles. The minimum atomic E-state index is -4.80. The molecule has 6 atom stereocenters. The first-order chi connectivity index (χ1) is 12.7. The molecule has 11 heteroatoms. The lowest BCUT2D eigenvalue weighted by atomic mass is 9.94. The molecule has 0 aliphatic carbocycles. The molecule has 0 amide bonds. The highest BCUT2D eigenvalue weighted by Crippen LogP contribution is 2.40. The van der Waals surface area contributed by atoms with Gasteiger partial charge in [0.2, 0.25) is 0 Å². The second-order valence-corrected chi connectivity index (χ2v) is 7.56. The number of halogens is 3. The Bertz CT molecular complexity index is 677. The van der Waals surface area contributed by atoms with E-state index in [-0.39, 0.29) is 6.61 Å². The number of thioether (sulfide) groups is 1. The van der Waals surface area contributed by atoms with Crippen LogP contribution in [0.1, 0.15) is 5.56 Å². The Labute approximate surface area is 158 Å². The van der Waals surface area contributed by atoms with Crippen molar-refractivity contribution in [2.45, 2.75) is 48.7 Å². The van der Waals surface area contributed by atoms with Gasteiger partial charge in [0.1, 0.15) is 29.8 Å². The summed E-state index contributed by atoms with van der Waals surface area (Å²) in [5.74, 6) is 0. The van der Waals surface area contributed by atoms with Gasteiger partial charge in [0, 0.05) is 26.5 Å². The monoisotopic (exact) mass is 407 g/mol. The summed E-state index contributed by atoms with van der Waals surface area (Å²) < 4.78 is 51.4. The highest BCUT2D eigenvalue weighted by Gasteiger charge is 2.57. The van der Waals surface area contributed by atoms with Crippen molar-refractivity contribution >= 4 is 16.9 Å². The normalized spacial score (nSPS) is 32.0. The first kappa shape index (κ1) is 20.3. The van der Waals surface area contributed by atoms with Gasteiger partial charge >= 0.3 is 6.18 Å². The van der Waals surface area contributed by atoms with Crippen LogP contribution in [0, 0.1) is 0 Å². The zero-order valence-corrected chi connectivity index (χ0v) is 15.4. The molecule has 2 N–H and O–H groups in total. The third-order valence-electron chi connectivity index (χ3n) is 4.24. The van der Waals surface area contributed by atoms with Crippen molar-refractivity contribution in [3.8, 4) is 0 Å². The predicted octanol–water partition coefficient (Wildman–Crippen LogP) is 1.01. The summed E-state index contributed by atoms with van der Waals surface area (Å²) in [4.78, 5) is 9.73. The average Bonchev–Trinajstić information content (AvgIpc) is 3.03. The molecule has 1 fully saturated rings. The van der Waals surface area contributed by atoms with E-state index in [1.165, 1.54) is 12.4 Å². The van der Waals surface area contributed by atoms with Crippen LogP contribution in [0.2, 0.25) is 0 Å². The molecule has 0 radical (unpaired) electrons. The maximum atomic E-state index is 13.6. The van der Waals surface area contributed by atoms with E-state index in [9.17, 15) is 23.4 Å². The fourth-order valence-electron chi connectivity index (χ4n) is 2.89. The van der Waals surface area contributed by atoms with Crippen molar-refractivity contribution < 1.29 is 32.9 Å². The maximum Gasteiger partial charge on any atom is 0.417 e. The Morgan fingerprint density at radius 2 is 2.07 bits per heavy atom. The Hall–Kier alpha value is -1.40. The fraction of sp³-hybridized carbons (Fsp3) is 0.625. The van der Waals surface area contributed by atoms with Crippen LogP contribution in [0.25, 0.3) is 0 Å². The van der Waals surface area contributed by atoms with Crippen LogP contribution in [0.15, 0.2) is 29.5 Å². The van der Waals surface area contributed by atoms with Gasteiger partial charge in [-0.1, -0.05) is 17.8 Å². The van der Waals surface area contributed by atoms with Crippen molar-refractivity contribution in [2.24, 2.45) is 4.99 Å².